The van der Waals surface area contributed by atoms with Gasteiger partial charge in [-0.05, 0) is 30.5 Å². The lowest BCUT2D eigenvalue weighted by Crippen LogP contribution is -2.37. The van der Waals surface area contributed by atoms with Gasteiger partial charge in [-0.3, -0.25) is 0 Å². The van der Waals surface area contributed by atoms with Crippen LogP contribution in [0, 0.1) is 0 Å². The largest absolute Gasteiger partial charge is 0.493 e. The van der Waals surface area contributed by atoms with Crippen LogP contribution in [0.5, 0.6) is 11.5 Å². The van der Waals surface area contributed by atoms with E-state index in [9.17, 15) is 0 Å². The first-order valence-electron chi connectivity index (χ1n) is 9.56. The summed E-state index contributed by atoms with van der Waals surface area (Å²) < 4.78 is 17.0. The van der Waals surface area contributed by atoms with E-state index in [1.165, 1.54) is 5.56 Å². The molecule has 2 heterocycles. The first-order chi connectivity index (χ1) is 13.8. The number of piperidine rings is 1. The maximum Gasteiger partial charge on any atom is 0.161 e. The van der Waals surface area contributed by atoms with Crippen LogP contribution >= 0.6 is 0 Å². The van der Waals surface area contributed by atoms with E-state index < -0.39 is 0 Å². The zero-order valence-electron chi connectivity index (χ0n) is 16.3. The highest BCUT2D eigenvalue weighted by atomic mass is 16.5. The summed E-state index contributed by atoms with van der Waals surface area (Å²) in [6.07, 6.45) is 3.97. The number of aromatic nitrogens is 2. The SMILES string of the molecule is COc1cc2cnnc(N3CCC(OCc4ccccc4)CC3)c2cc1OC. The molecule has 0 atom stereocenters. The van der Waals surface area contributed by atoms with Gasteiger partial charge in [-0.25, -0.2) is 0 Å². The average molecular weight is 379 g/mol. The standard InChI is InChI=1S/C22H25N3O3/c1-26-20-12-17-14-23-24-22(19(17)13-21(20)27-2)25-10-8-18(9-11-25)28-15-16-6-4-3-5-7-16/h3-7,12-14,18H,8-11,15H2,1-2H3. The smallest absolute Gasteiger partial charge is 0.161 e. The van der Waals surface area contributed by atoms with Gasteiger partial charge in [0.25, 0.3) is 0 Å². The molecule has 6 nitrogen and oxygen atoms in total. The van der Waals surface area contributed by atoms with Gasteiger partial charge in [0.15, 0.2) is 17.3 Å². The third-order valence-electron chi connectivity index (χ3n) is 5.22. The summed E-state index contributed by atoms with van der Waals surface area (Å²) in [4.78, 5) is 2.28. The molecule has 1 aliphatic rings. The molecule has 0 saturated carbocycles. The molecule has 28 heavy (non-hydrogen) atoms. The third-order valence-corrected chi connectivity index (χ3v) is 5.22. The highest BCUT2D eigenvalue weighted by Gasteiger charge is 2.23. The van der Waals surface area contributed by atoms with Crippen LogP contribution in [0.15, 0.2) is 48.7 Å². The van der Waals surface area contributed by atoms with E-state index in [0.717, 1.165) is 42.5 Å². The minimum atomic E-state index is 0.272. The fourth-order valence-electron chi connectivity index (χ4n) is 3.65. The lowest BCUT2D eigenvalue weighted by Gasteiger charge is -2.33. The minimum absolute atomic E-state index is 0.272. The number of hydrogen-bond donors (Lipinski definition) is 0. The molecule has 1 aromatic heterocycles. The van der Waals surface area contributed by atoms with Crippen molar-refractivity contribution >= 4 is 16.6 Å². The van der Waals surface area contributed by atoms with Crippen LogP contribution in [0.25, 0.3) is 10.8 Å². The van der Waals surface area contributed by atoms with Gasteiger partial charge < -0.3 is 19.1 Å². The quantitative estimate of drug-likeness (QED) is 0.649. The molecular formula is C22H25N3O3. The molecule has 0 spiro atoms. The second kappa shape index (κ2) is 8.44. The van der Waals surface area contributed by atoms with E-state index in [0.29, 0.717) is 18.1 Å². The molecule has 6 heteroatoms. The fraction of sp³-hybridized carbons (Fsp3) is 0.364. The molecule has 3 aromatic rings. The summed E-state index contributed by atoms with van der Waals surface area (Å²) in [6.45, 7) is 2.44. The summed E-state index contributed by atoms with van der Waals surface area (Å²) in [5.41, 5.74) is 1.21. The Morgan fingerprint density at radius 2 is 1.71 bits per heavy atom. The topological polar surface area (TPSA) is 56.7 Å². The van der Waals surface area contributed by atoms with Gasteiger partial charge in [0, 0.05) is 23.9 Å². The Morgan fingerprint density at radius 1 is 1.00 bits per heavy atom. The summed E-state index contributed by atoms with van der Waals surface area (Å²) >= 11 is 0. The molecule has 0 unspecified atom stereocenters. The van der Waals surface area contributed by atoms with Crippen LogP contribution in [-0.4, -0.2) is 43.6 Å². The molecular weight excluding hydrogens is 354 g/mol. The van der Waals surface area contributed by atoms with Crippen molar-refractivity contribution < 1.29 is 14.2 Å². The normalized spacial score (nSPS) is 15.0. The maximum absolute atomic E-state index is 6.11. The first-order valence-corrected chi connectivity index (χ1v) is 9.56. The molecule has 1 saturated heterocycles. The zero-order chi connectivity index (χ0) is 19.3. The number of methoxy groups -OCH3 is 2. The van der Waals surface area contributed by atoms with Crippen molar-refractivity contribution in [3.63, 3.8) is 0 Å². The molecule has 0 amide bonds. The highest BCUT2D eigenvalue weighted by molar-refractivity contribution is 5.94. The predicted octanol–water partition coefficient (Wildman–Crippen LogP) is 3.83. The van der Waals surface area contributed by atoms with Crippen LogP contribution in [-0.2, 0) is 11.3 Å². The Labute approximate surface area is 165 Å². The van der Waals surface area contributed by atoms with E-state index in [-0.39, 0.29) is 6.10 Å². The van der Waals surface area contributed by atoms with Gasteiger partial charge in [0.1, 0.15) is 0 Å². The Balaban J connectivity index is 1.46. The molecule has 1 fully saturated rings. The van der Waals surface area contributed by atoms with Crippen molar-refractivity contribution in [2.24, 2.45) is 0 Å². The fourth-order valence-corrected chi connectivity index (χ4v) is 3.65. The van der Waals surface area contributed by atoms with Crippen molar-refractivity contribution in [2.45, 2.75) is 25.6 Å². The molecule has 0 radical (unpaired) electrons. The second-order valence-corrected chi connectivity index (χ2v) is 6.95. The summed E-state index contributed by atoms with van der Waals surface area (Å²) in [7, 11) is 3.28. The number of nitrogens with zero attached hydrogens (tertiary/aromatic N) is 3. The van der Waals surface area contributed by atoms with Crippen LogP contribution in [0.3, 0.4) is 0 Å². The number of fused-ring (bicyclic) bond motifs is 1. The van der Waals surface area contributed by atoms with Crippen molar-refractivity contribution in [3.8, 4) is 11.5 Å². The monoisotopic (exact) mass is 379 g/mol. The molecule has 0 bridgehead atoms. The number of rotatable bonds is 6. The number of anilines is 1. The van der Waals surface area contributed by atoms with E-state index in [1.54, 1.807) is 20.4 Å². The lowest BCUT2D eigenvalue weighted by atomic mass is 10.1. The van der Waals surface area contributed by atoms with E-state index in [2.05, 4.69) is 27.2 Å². The van der Waals surface area contributed by atoms with Gasteiger partial charge in [-0.15, -0.1) is 5.10 Å². The Kier molecular flexibility index (Phi) is 5.58. The van der Waals surface area contributed by atoms with Crippen LogP contribution < -0.4 is 14.4 Å². The Hall–Kier alpha value is -2.86. The average Bonchev–Trinajstić information content (AvgIpc) is 2.77. The second-order valence-electron chi connectivity index (χ2n) is 6.95. The number of ether oxygens (including phenoxy) is 3. The van der Waals surface area contributed by atoms with E-state index in [1.807, 2.05) is 30.3 Å². The molecule has 4 rings (SSSR count). The zero-order valence-corrected chi connectivity index (χ0v) is 16.3. The highest BCUT2D eigenvalue weighted by Crippen LogP contribution is 2.35. The van der Waals surface area contributed by atoms with Gasteiger partial charge in [-0.1, -0.05) is 30.3 Å². The maximum atomic E-state index is 6.11. The van der Waals surface area contributed by atoms with Crippen molar-refractivity contribution in [1.29, 1.82) is 0 Å². The van der Waals surface area contributed by atoms with E-state index >= 15 is 0 Å². The molecule has 146 valence electrons. The predicted molar refractivity (Wildman–Crippen MR) is 109 cm³/mol. The van der Waals surface area contributed by atoms with Gasteiger partial charge in [-0.2, -0.15) is 5.10 Å². The first kappa shape index (κ1) is 18.5. The van der Waals surface area contributed by atoms with Crippen molar-refractivity contribution in [1.82, 2.24) is 10.2 Å². The lowest BCUT2D eigenvalue weighted by molar-refractivity contribution is 0.0251. The van der Waals surface area contributed by atoms with E-state index in [4.69, 9.17) is 14.2 Å². The van der Waals surface area contributed by atoms with Gasteiger partial charge in [0.2, 0.25) is 0 Å². The molecule has 2 aromatic carbocycles. The van der Waals surface area contributed by atoms with Crippen molar-refractivity contribution in [3.05, 3.63) is 54.2 Å². The van der Waals surface area contributed by atoms with Crippen LogP contribution in [0.1, 0.15) is 18.4 Å². The van der Waals surface area contributed by atoms with Crippen LogP contribution in [0.4, 0.5) is 5.82 Å². The van der Waals surface area contributed by atoms with Gasteiger partial charge in [0.05, 0.1) is 33.1 Å². The summed E-state index contributed by atoms with van der Waals surface area (Å²) in [5.74, 6) is 2.28. The molecule has 0 N–H and O–H groups in total. The number of hydrogen-bond acceptors (Lipinski definition) is 6. The number of benzene rings is 2. The Bertz CT molecular complexity index is 925. The summed E-state index contributed by atoms with van der Waals surface area (Å²) in [5, 5.41) is 10.6. The van der Waals surface area contributed by atoms with Gasteiger partial charge >= 0.3 is 0 Å². The molecule has 1 aliphatic heterocycles. The summed E-state index contributed by atoms with van der Waals surface area (Å²) in [6, 6.07) is 14.2. The third kappa shape index (κ3) is 3.87. The minimum Gasteiger partial charge on any atom is -0.493 e. The Morgan fingerprint density at radius 3 is 2.43 bits per heavy atom. The van der Waals surface area contributed by atoms with Crippen LogP contribution in [0.2, 0.25) is 0 Å². The molecule has 0 aliphatic carbocycles. The van der Waals surface area contributed by atoms with Crippen molar-refractivity contribution in [2.75, 3.05) is 32.2 Å².